The molecule has 3 N–H and O–H groups in total. The van der Waals surface area contributed by atoms with Crippen LogP contribution in [0.2, 0.25) is 10.0 Å². The number of nitrogens with one attached hydrogen (secondary N) is 3. The van der Waals surface area contributed by atoms with Gasteiger partial charge in [0, 0.05) is 35.4 Å². The zero-order valence-corrected chi connectivity index (χ0v) is 17.7. The number of aromatic nitrogens is 4. The number of rotatable bonds is 7. The van der Waals surface area contributed by atoms with Gasteiger partial charge in [-0.2, -0.15) is 5.26 Å². The van der Waals surface area contributed by atoms with Crippen LogP contribution in [0.5, 0.6) is 0 Å². The summed E-state index contributed by atoms with van der Waals surface area (Å²) in [6.45, 7) is 1.24. The van der Waals surface area contributed by atoms with Crippen molar-refractivity contribution < 1.29 is 0 Å². The number of nitrogens with zero attached hydrogens (tertiary/aromatic N) is 4. The third kappa shape index (κ3) is 4.94. The van der Waals surface area contributed by atoms with Crippen molar-refractivity contribution in [2.75, 3.05) is 23.7 Å². The topological polar surface area (TPSA) is 102 Å². The number of hydrogen-bond acceptors (Lipinski definition) is 6. The summed E-state index contributed by atoms with van der Waals surface area (Å²) in [5, 5.41) is 16.4. The van der Waals surface area contributed by atoms with Crippen molar-refractivity contribution in [2.24, 2.45) is 0 Å². The molecule has 0 saturated carbocycles. The van der Waals surface area contributed by atoms with Crippen LogP contribution in [0.3, 0.4) is 0 Å². The van der Waals surface area contributed by atoms with Gasteiger partial charge >= 0.3 is 0 Å². The van der Waals surface area contributed by atoms with Gasteiger partial charge in [0.1, 0.15) is 17.7 Å². The predicted octanol–water partition coefficient (Wildman–Crippen LogP) is 5.24. The molecule has 31 heavy (non-hydrogen) atoms. The first kappa shape index (κ1) is 20.7. The molecule has 0 amide bonds. The molecule has 0 unspecified atom stereocenters. The molecule has 1 aromatic carbocycles. The van der Waals surface area contributed by atoms with Gasteiger partial charge in [0.05, 0.1) is 34.5 Å². The zero-order chi connectivity index (χ0) is 21.6. The minimum atomic E-state index is 0.520. The Bertz CT molecular complexity index is 1220. The fraction of sp³-hybridized carbons (Fsp3) is 0.0909. The van der Waals surface area contributed by atoms with Crippen molar-refractivity contribution in [1.82, 2.24) is 19.9 Å². The van der Waals surface area contributed by atoms with Crippen LogP contribution in [0.15, 0.2) is 61.2 Å². The highest BCUT2D eigenvalue weighted by molar-refractivity contribution is 6.36. The van der Waals surface area contributed by atoms with Crippen molar-refractivity contribution in [3.63, 3.8) is 0 Å². The van der Waals surface area contributed by atoms with E-state index in [0.29, 0.717) is 40.3 Å². The minimum Gasteiger partial charge on any atom is -0.368 e. The molecule has 4 rings (SSSR count). The van der Waals surface area contributed by atoms with E-state index >= 15 is 0 Å². The highest BCUT2D eigenvalue weighted by Gasteiger charge is 2.14. The number of nitriles is 1. The Balaban J connectivity index is 1.51. The summed E-state index contributed by atoms with van der Waals surface area (Å²) in [7, 11) is 0. The molecule has 0 spiro atoms. The second kappa shape index (κ2) is 9.47. The summed E-state index contributed by atoms with van der Waals surface area (Å²) < 4.78 is 0. The van der Waals surface area contributed by atoms with Crippen molar-refractivity contribution in [3.8, 4) is 28.6 Å². The van der Waals surface area contributed by atoms with Crippen LogP contribution in [0, 0.1) is 11.3 Å². The fourth-order valence-electron chi connectivity index (χ4n) is 3.01. The largest absolute Gasteiger partial charge is 0.368 e. The average Bonchev–Trinajstić information content (AvgIpc) is 3.32. The fourth-order valence-corrected chi connectivity index (χ4v) is 3.51. The smallest absolute Gasteiger partial charge is 0.126 e. The maximum Gasteiger partial charge on any atom is 0.126 e. The lowest BCUT2D eigenvalue weighted by Gasteiger charge is -2.13. The van der Waals surface area contributed by atoms with Gasteiger partial charge in [0.25, 0.3) is 0 Å². The van der Waals surface area contributed by atoms with Gasteiger partial charge in [-0.15, -0.1) is 0 Å². The maximum absolute atomic E-state index is 8.84. The van der Waals surface area contributed by atoms with Gasteiger partial charge in [-0.25, -0.2) is 15.0 Å². The number of pyridine rings is 2. The molecule has 3 heterocycles. The Kier molecular flexibility index (Phi) is 6.32. The first-order valence-corrected chi connectivity index (χ1v) is 10.2. The van der Waals surface area contributed by atoms with E-state index in [2.05, 4.69) is 25.6 Å². The van der Waals surface area contributed by atoms with Crippen LogP contribution in [0.4, 0.5) is 11.6 Å². The van der Waals surface area contributed by atoms with E-state index in [1.165, 1.54) is 6.20 Å². The molecule has 7 nitrogen and oxygen atoms in total. The summed E-state index contributed by atoms with van der Waals surface area (Å²) >= 11 is 12.5. The summed E-state index contributed by atoms with van der Waals surface area (Å²) in [4.78, 5) is 16.2. The number of benzene rings is 1. The Labute approximate surface area is 189 Å². The van der Waals surface area contributed by atoms with Crippen molar-refractivity contribution in [2.45, 2.75) is 0 Å². The van der Waals surface area contributed by atoms with Crippen LogP contribution in [-0.4, -0.2) is 33.0 Å². The molecule has 0 aliphatic carbocycles. The number of anilines is 2. The molecule has 0 radical (unpaired) electrons. The summed E-state index contributed by atoms with van der Waals surface area (Å²) in [6.07, 6.45) is 4.90. The SMILES string of the molecule is N#Cc1ccc(NCCNc2ccc(-c3cnc[nH]3)c(-c3ccc(Cl)cc3Cl)n2)nc1. The first-order chi connectivity index (χ1) is 15.1. The van der Waals surface area contributed by atoms with Gasteiger partial charge < -0.3 is 15.6 Å². The van der Waals surface area contributed by atoms with Crippen molar-refractivity contribution >= 4 is 34.8 Å². The molecule has 0 atom stereocenters. The molecule has 0 aliphatic rings. The Morgan fingerprint density at radius 2 is 1.71 bits per heavy atom. The van der Waals surface area contributed by atoms with Gasteiger partial charge in [0.15, 0.2) is 0 Å². The molecule has 0 bridgehead atoms. The molecule has 4 aromatic rings. The van der Waals surface area contributed by atoms with E-state index in [1.807, 2.05) is 24.3 Å². The van der Waals surface area contributed by atoms with E-state index in [-0.39, 0.29) is 0 Å². The monoisotopic (exact) mass is 449 g/mol. The van der Waals surface area contributed by atoms with E-state index < -0.39 is 0 Å². The van der Waals surface area contributed by atoms with Crippen LogP contribution >= 0.6 is 23.2 Å². The Morgan fingerprint density at radius 1 is 0.935 bits per heavy atom. The molecule has 0 aliphatic heterocycles. The lowest BCUT2D eigenvalue weighted by Crippen LogP contribution is -2.15. The Morgan fingerprint density at radius 3 is 2.39 bits per heavy atom. The number of H-pyrrole nitrogens is 1. The zero-order valence-electron chi connectivity index (χ0n) is 16.2. The molecular weight excluding hydrogens is 433 g/mol. The maximum atomic E-state index is 8.84. The summed E-state index contributed by atoms with van der Waals surface area (Å²) in [5.74, 6) is 1.41. The lowest BCUT2D eigenvalue weighted by molar-refractivity contribution is 1.04. The van der Waals surface area contributed by atoms with Crippen LogP contribution in [0.1, 0.15) is 5.56 Å². The number of hydrogen-bond donors (Lipinski definition) is 3. The summed E-state index contributed by atoms with van der Waals surface area (Å²) in [6, 6.07) is 14.8. The quantitative estimate of drug-likeness (QED) is 0.333. The second-order valence-corrected chi connectivity index (χ2v) is 7.42. The number of halogens is 2. The molecular formula is C22H17Cl2N7. The molecule has 9 heteroatoms. The predicted molar refractivity (Wildman–Crippen MR) is 123 cm³/mol. The van der Waals surface area contributed by atoms with Gasteiger partial charge in [-0.3, -0.25) is 0 Å². The summed E-state index contributed by atoms with van der Waals surface area (Å²) in [5.41, 5.74) is 3.75. The van der Waals surface area contributed by atoms with E-state index in [9.17, 15) is 0 Å². The minimum absolute atomic E-state index is 0.520. The van der Waals surface area contributed by atoms with E-state index in [4.69, 9.17) is 33.4 Å². The van der Waals surface area contributed by atoms with Crippen LogP contribution in [-0.2, 0) is 0 Å². The Hall–Kier alpha value is -3.60. The highest BCUT2D eigenvalue weighted by Crippen LogP contribution is 2.36. The standard InChI is InChI=1S/C22H17Cl2N7/c23-15-2-3-16(18(24)9-15)22-17(19-12-26-13-30-19)4-6-21(31-22)28-8-7-27-20-5-1-14(10-25)11-29-20/h1-6,9,11-13H,7-8H2,(H,26,30)(H,27,29)(H,28,31). The number of aromatic amines is 1. The van der Waals surface area contributed by atoms with E-state index in [1.54, 1.807) is 36.8 Å². The first-order valence-electron chi connectivity index (χ1n) is 9.43. The third-order valence-electron chi connectivity index (χ3n) is 4.50. The highest BCUT2D eigenvalue weighted by atomic mass is 35.5. The second-order valence-electron chi connectivity index (χ2n) is 6.58. The lowest BCUT2D eigenvalue weighted by atomic mass is 10.0. The van der Waals surface area contributed by atoms with Crippen molar-refractivity contribution in [1.29, 1.82) is 5.26 Å². The molecule has 154 valence electrons. The number of imidazole rings is 1. The molecule has 0 saturated heterocycles. The van der Waals surface area contributed by atoms with Crippen LogP contribution < -0.4 is 10.6 Å². The van der Waals surface area contributed by atoms with Crippen LogP contribution in [0.25, 0.3) is 22.5 Å². The van der Waals surface area contributed by atoms with Gasteiger partial charge in [-0.1, -0.05) is 23.2 Å². The van der Waals surface area contributed by atoms with Gasteiger partial charge in [0.2, 0.25) is 0 Å². The van der Waals surface area contributed by atoms with E-state index in [0.717, 1.165) is 22.5 Å². The molecule has 3 aromatic heterocycles. The third-order valence-corrected chi connectivity index (χ3v) is 5.05. The molecule has 0 fully saturated rings. The average molecular weight is 450 g/mol. The van der Waals surface area contributed by atoms with Gasteiger partial charge in [-0.05, 0) is 42.5 Å². The van der Waals surface area contributed by atoms with Crippen molar-refractivity contribution in [3.05, 3.63) is 76.8 Å². The normalized spacial score (nSPS) is 10.5.